The van der Waals surface area contributed by atoms with Crippen molar-refractivity contribution < 1.29 is 28.1 Å². The molecule has 0 saturated carbocycles. The Kier molecular flexibility index (Phi) is 6.74. The molecule has 29 heavy (non-hydrogen) atoms. The predicted octanol–water partition coefficient (Wildman–Crippen LogP) is 3.89. The summed E-state index contributed by atoms with van der Waals surface area (Å²) in [7, 11) is 4.68. The van der Waals surface area contributed by atoms with Crippen LogP contribution in [0.25, 0.3) is 0 Å². The van der Waals surface area contributed by atoms with Gasteiger partial charge < -0.3 is 23.8 Å². The normalized spacial score (nSPS) is 17.0. The van der Waals surface area contributed by atoms with Gasteiger partial charge >= 0.3 is 0 Å². The molecule has 1 fully saturated rings. The first kappa shape index (κ1) is 21.1. The smallest absolute Gasteiger partial charge is 0.264 e. The highest BCUT2D eigenvalue weighted by Crippen LogP contribution is 2.46. The Morgan fingerprint density at radius 2 is 1.72 bits per heavy atom. The molecule has 0 aliphatic carbocycles. The first-order valence-electron chi connectivity index (χ1n) is 9.13. The van der Waals surface area contributed by atoms with Crippen LogP contribution in [0.4, 0.5) is 4.39 Å². The number of rotatable bonds is 7. The highest BCUT2D eigenvalue weighted by atomic mass is 32.2. The standard InChI is InChI=1S/C21H24FNO5S/c1-13(28-16-8-6-5-7-15(16)22)20(24)23-9-10-29-21(23)14-11-18(26-3)19(27-4)12-17(14)25-2/h5-8,11-13,21H,9-10H2,1-4H3. The summed E-state index contributed by atoms with van der Waals surface area (Å²) in [5.41, 5.74) is 0.805. The Morgan fingerprint density at radius 1 is 1.07 bits per heavy atom. The average Bonchev–Trinajstić information content (AvgIpc) is 3.23. The van der Waals surface area contributed by atoms with Gasteiger partial charge in [0.25, 0.3) is 5.91 Å². The molecule has 0 aromatic heterocycles. The highest BCUT2D eigenvalue weighted by molar-refractivity contribution is 7.99. The van der Waals surface area contributed by atoms with Crippen LogP contribution in [-0.4, -0.2) is 50.5 Å². The molecule has 1 amide bonds. The molecule has 1 heterocycles. The molecular weight excluding hydrogens is 397 g/mol. The third-order valence-electron chi connectivity index (χ3n) is 4.66. The fourth-order valence-corrected chi connectivity index (χ4v) is 4.49. The number of carbonyl (C=O) groups excluding carboxylic acids is 1. The number of nitrogens with zero attached hydrogens (tertiary/aromatic N) is 1. The summed E-state index contributed by atoms with van der Waals surface area (Å²) in [5.74, 6) is 1.80. The van der Waals surface area contributed by atoms with Gasteiger partial charge in [0.15, 0.2) is 29.2 Å². The number of carbonyl (C=O) groups is 1. The van der Waals surface area contributed by atoms with Crippen molar-refractivity contribution in [2.45, 2.75) is 18.4 Å². The maximum Gasteiger partial charge on any atom is 0.264 e. The van der Waals surface area contributed by atoms with Crippen LogP contribution < -0.4 is 18.9 Å². The van der Waals surface area contributed by atoms with Crippen LogP contribution in [-0.2, 0) is 4.79 Å². The minimum atomic E-state index is -0.834. The van der Waals surface area contributed by atoms with Crippen molar-refractivity contribution >= 4 is 17.7 Å². The largest absolute Gasteiger partial charge is 0.496 e. The zero-order valence-electron chi connectivity index (χ0n) is 16.8. The van der Waals surface area contributed by atoms with E-state index >= 15 is 0 Å². The first-order valence-corrected chi connectivity index (χ1v) is 10.2. The maximum atomic E-state index is 13.9. The zero-order chi connectivity index (χ0) is 21.0. The Morgan fingerprint density at radius 3 is 2.38 bits per heavy atom. The molecule has 1 aliphatic heterocycles. The van der Waals surface area contributed by atoms with Crippen LogP contribution in [0.1, 0.15) is 17.9 Å². The fraction of sp³-hybridized carbons (Fsp3) is 0.381. The predicted molar refractivity (Wildman–Crippen MR) is 110 cm³/mol. The van der Waals surface area contributed by atoms with Crippen molar-refractivity contribution in [2.24, 2.45) is 0 Å². The summed E-state index contributed by atoms with van der Waals surface area (Å²) < 4.78 is 35.8. The molecular formula is C21H24FNO5S. The number of benzene rings is 2. The summed E-state index contributed by atoms with van der Waals surface area (Å²) in [4.78, 5) is 14.8. The minimum absolute atomic E-state index is 0.0560. The summed E-state index contributed by atoms with van der Waals surface area (Å²) >= 11 is 1.62. The van der Waals surface area contributed by atoms with Gasteiger partial charge in [0.2, 0.25) is 0 Å². The Labute approximate surface area is 173 Å². The lowest BCUT2D eigenvalue weighted by Gasteiger charge is -2.28. The number of hydrogen-bond acceptors (Lipinski definition) is 6. The summed E-state index contributed by atoms with van der Waals surface area (Å²) in [6.07, 6.45) is -0.834. The molecule has 0 bridgehead atoms. The number of thioether (sulfide) groups is 1. The van der Waals surface area contributed by atoms with Crippen molar-refractivity contribution in [1.82, 2.24) is 4.90 Å². The molecule has 0 spiro atoms. The quantitative estimate of drug-likeness (QED) is 0.676. The van der Waals surface area contributed by atoms with Gasteiger partial charge in [-0.15, -0.1) is 11.8 Å². The molecule has 1 saturated heterocycles. The molecule has 3 rings (SSSR count). The fourth-order valence-electron chi connectivity index (χ4n) is 3.21. The molecule has 2 aromatic carbocycles. The second-order valence-corrected chi connectivity index (χ2v) is 7.58. The van der Waals surface area contributed by atoms with Crippen LogP contribution in [0.15, 0.2) is 36.4 Å². The number of para-hydroxylation sites is 1. The highest BCUT2D eigenvalue weighted by Gasteiger charge is 2.36. The van der Waals surface area contributed by atoms with Crippen molar-refractivity contribution in [3.63, 3.8) is 0 Å². The molecule has 1 aliphatic rings. The summed E-state index contributed by atoms with van der Waals surface area (Å²) in [6.45, 7) is 2.18. The number of methoxy groups -OCH3 is 3. The third-order valence-corrected chi connectivity index (χ3v) is 5.91. The van der Waals surface area contributed by atoms with E-state index in [0.717, 1.165) is 11.3 Å². The Hall–Kier alpha value is -2.61. The SMILES string of the molecule is COc1cc(OC)c(C2SCCN2C(=O)C(C)Oc2ccccc2F)cc1OC. The van der Waals surface area contributed by atoms with Gasteiger partial charge in [-0.2, -0.15) is 0 Å². The van der Waals surface area contributed by atoms with E-state index < -0.39 is 11.9 Å². The van der Waals surface area contributed by atoms with Crippen molar-refractivity contribution in [1.29, 1.82) is 0 Å². The van der Waals surface area contributed by atoms with Crippen LogP contribution in [0.5, 0.6) is 23.0 Å². The molecule has 0 N–H and O–H groups in total. The molecule has 6 nitrogen and oxygen atoms in total. The summed E-state index contributed by atoms with van der Waals surface area (Å²) in [5, 5.41) is -0.274. The van der Waals surface area contributed by atoms with Gasteiger partial charge in [0, 0.05) is 23.9 Å². The lowest BCUT2D eigenvalue weighted by molar-refractivity contribution is -0.138. The molecule has 2 aromatic rings. The van der Waals surface area contributed by atoms with Crippen molar-refractivity contribution in [3.8, 4) is 23.0 Å². The van der Waals surface area contributed by atoms with E-state index in [0.29, 0.717) is 23.8 Å². The van der Waals surface area contributed by atoms with Crippen LogP contribution >= 0.6 is 11.8 Å². The lowest BCUT2D eigenvalue weighted by Crippen LogP contribution is -2.40. The Balaban J connectivity index is 1.86. The number of hydrogen-bond donors (Lipinski definition) is 0. The zero-order valence-corrected chi connectivity index (χ0v) is 17.6. The molecule has 156 valence electrons. The van der Waals surface area contributed by atoms with Gasteiger partial charge in [-0.25, -0.2) is 4.39 Å². The average molecular weight is 421 g/mol. The van der Waals surface area contributed by atoms with E-state index in [1.807, 2.05) is 6.07 Å². The van der Waals surface area contributed by atoms with Crippen LogP contribution in [0.3, 0.4) is 0 Å². The van der Waals surface area contributed by atoms with Crippen LogP contribution in [0.2, 0.25) is 0 Å². The van der Waals surface area contributed by atoms with Crippen LogP contribution in [0, 0.1) is 5.82 Å². The second-order valence-electron chi connectivity index (χ2n) is 6.39. The topological polar surface area (TPSA) is 57.2 Å². The van der Waals surface area contributed by atoms with Crippen molar-refractivity contribution in [2.75, 3.05) is 33.6 Å². The van der Waals surface area contributed by atoms with Gasteiger partial charge in [-0.05, 0) is 25.1 Å². The van der Waals surface area contributed by atoms with E-state index in [1.165, 1.54) is 12.1 Å². The van der Waals surface area contributed by atoms with E-state index in [-0.39, 0.29) is 17.0 Å². The third kappa shape index (κ3) is 4.37. The van der Waals surface area contributed by atoms with E-state index in [1.54, 1.807) is 63.1 Å². The van der Waals surface area contributed by atoms with E-state index in [2.05, 4.69) is 0 Å². The molecule has 0 radical (unpaired) electrons. The van der Waals surface area contributed by atoms with Gasteiger partial charge in [0.1, 0.15) is 11.1 Å². The maximum absolute atomic E-state index is 13.9. The van der Waals surface area contributed by atoms with E-state index in [4.69, 9.17) is 18.9 Å². The monoisotopic (exact) mass is 421 g/mol. The van der Waals surface area contributed by atoms with Gasteiger partial charge in [0.05, 0.1) is 21.3 Å². The van der Waals surface area contributed by atoms with Gasteiger partial charge in [-0.1, -0.05) is 12.1 Å². The second kappa shape index (κ2) is 9.26. The Bertz CT molecular complexity index is 878. The molecule has 2 atom stereocenters. The number of amides is 1. The first-order chi connectivity index (χ1) is 14.0. The number of halogens is 1. The minimum Gasteiger partial charge on any atom is -0.496 e. The number of ether oxygens (including phenoxy) is 4. The van der Waals surface area contributed by atoms with Gasteiger partial charge in [-0.3, -0.25) is 4.79 Å². The van der Waals surface area contributed by atoms with Crippen molar-refractivity contribution in [3.05, 3.63) is 47.8 Å². The van der Waals surface area contributed by atoms with E-state index in [9.17, 15) is 9.18 Å². The molecule has 8 heteroatoms. The molecule has 2 unspecified atom stereocenters. The lowest BCUT2D eigenvalue weighted by atomic mass is 10.1. The summed E-state index contributed by atoms with van der Waals surface area (Å²) in [6, 6.07) is 9.62.